The fourth-order valence-corrected chi connectivity index (χ4v) is 2.78. The molecule has 0 atom stereocenters. The van der Waals surface area contributed by atoms with Crippen molar-refractivity contribution in [2.75, 3.05) is 27.3 Å². The van der Waals surface area contributed by atoms with E-state index in [1.54, 1.807) is 14.2 Å². The zero-order valence-corrected chi connectivity index (χ0v) is 11.7. The summed E-state index contributed by atoms with van der Waals surface area (Å²) in [5, 5.41) is 3.98. The van der Waals surface area contributed by atoms with Gasteiger partial charge in [-0.3, -0.25) is 0 Å². The average Bonchev–Trinajstić information content (AvgIpc) is 2.41. The molecular weight excluding hydrogens is 250 g/mol. The average molecular weight is 270 g/mol. The van der Waals surface area contributed by atoms with Gasteiger partial charge in [-0.15, -0.1) is 0 Å². The number of nitrogens with one attached hydrogen (secondary N) is 1. The minimum absolute atomic E-state index is 0.600. The lowest BCUT2D eigenvalue weighted by molar-refractivity contribution is 0.339. The van der Waals surface area contributed by atoms with Gasteiger partial charge in [-0.05, 0) is 49.9 Å². The Morgan fingerprint density at radius 3 is 2.44 bits per heavy atom. The molecule has 18 heavy (non-hydrogen) atoms. The molecule has 3 nitrogen and oxygen atoms in total. The van der Waals surface area contributed by atoms with Crippen molar-refractivity contribution >= 4 is 11.6 Å². The van der Waals surface area contributed by atoms with Gasteiger partial charge in [0.25, 0.3) is 0 Å². The van der Waals surface area contributed by atoms with E-state index in [0.717, 1.165) is 25.3 Å². The molecule has 1 aliphatic rings. The normalized spacial score (nSPS) is 16.6. The number of rotatable bonds is 4. The molecule has 1 N–H and O–H groups in total. The third-order valence-electron chi connectivity index (χ3n) is 3.52. The number of hydrogen-bond donors (Lipinski definition) is 1. The maximum atomic E-state index is 6.11. The van der Waals surface area contributed by atoms with Crippen molar-refractivity contribution < 1.29 is 9.47 Å². The van der Waals surface area contributed by atoms with Crippen LogP contribution >= 0.6 is 11.6 Å². The molecule has 0 bridgehead atoms. The second-order valence-electron chi connectivity index (χ2n) is 4.67. The molecule has 0 spiro atoms. The summed E-state index contributed by atoms with van der Waals surface area (Å²) in [4.78, 5) is 0. The minimum Gasteiger partial charge on any atom is -0.493 e. The van der Waals surface area contributed by atoms with Crippen LogP contribution in [-0.2, 0) is 6.42 Å². The molecule has 0 radical (unpaired) electrons. The number of ether oxygens (including phenoxy) is 2. The van der Waals surface area contributed by atoms with Crippen molar-refractivity contribution in [3.63, 3.8) is 0 Å². The fraction of sp³-hybridized carbons (Fsp3) is 0.571. The van der Waals surface area contributed by atoms with Gasteiger partial charge in [0.05, 0.1) is 19.2 Å². The molecule has 0 amide bonds. The first kappa shape index (κ1) is 13.5. The molecule has 1 saturated heterocycles. The predicted octanol–water partition coefficient (Wildman–Crippen LogP) is 2.90. The van der Waals surface area contributed by atoms with Crippen LogP contribution in [0.25, 0.3) is 0 Å². The third-order valence-corrected chi connectivity index (χ3v) is 3.82. The number of hydrogen-bond acceptors (Lipinski definition) is 3. The molecule has 1 aliphatic heterocycles. The Bertz CT molecular complexity index is 403. The van der Waals surface area contributed by atoms with Gasteiger partial charge in [0.2, 0.25) is 0 Å². The largest absolute Gasteiger partial charge is 0.493 e. The first-order valence-corrected chi connectivity index (χ1v) is 6.74. The van der Waals surface area contributed by atoms with Crippen molar-refractivity contribution in [1.82, 2.24) is 5.32 Å². The highest BCUT2D eigenvalue weighted by atomic mass is 35.5. The van der Waals surface area contributed by atoms with Crippen LogP contribution in [0.4, 0.5) is 0 Å². The summed E-state index contributed by atoms with van der Waals surface area (Å²) >= 11 is 6.11. The van der Waals surface area contributed by atoms with E-state index in [9.17, 15) is 0 Å². The zero-order chi connectivity index (χ0) is 13.0. The molecule has 1 heterocycles. The summed E-state index contributed by atoms with van der Waals surface area (Å²) < 4.78 is 10.8. The monoisotopic (exact) mass is 269 g/mol. The van der Waals surface area contributed by atoms with Crippen molar-refractivity contribution in [3.05, 3.63) is 22.7 Å². The first-order chi connectivity index (χ1) is 8.76. The summed E-state index contributed by atoms with van der Waals surface area (Å²) in [5.74, 6) is 2.14. The Labute approximate surface area is 113 Å². The zero-order valence-electron chi connectivity index (χ0n) is 11.0. The van der Waals surface area contributed by atoms with Gasteiger partial charge >= 0.3 is 0 Å². The highest BCUT2D eigenvalue weighted by molar-refractivity contribution is 6.32. The van der Waals surface area contributed by atoms with Crippen molar-refractivity contribution in [3.8, 4) is 11.5 Å². The Hall–Kier alpha value is -0.930. The molecule has 1 aromatic rings. The van der Waals surface area contributed by atoms with E-state index in [1.807, 2.05) is 12.1 Å². The Kier molecular flexibility index (Phi) is 4.72. The molecule has 1 fully saturated rings. The summed E-state index contributed by atoms with van der Waals surface area (Å²) in [6.45, 7) is 2.22. The van der Waals surface area contributed by atoms with Gasteiger partial charge in [0.15, 0.2) is 11.5 Å². The van der Waals surface area contributed by atoms with Crippen molar-refractivity contribution in [2.45, 2.75) is 19.3 Å². The highest BCUT2D eigenvalue weighted by Crippen LogP contribution is 2.39. The number of methoxy groups -OCH3 is 2. The van der Waals surface area contributed by atoms with E-state index in [-0.39, 0.29) is 0 Å². The summed E-state index contributed by atoms with van der Waals surface area (Å²) in [6.07, 6.45) is 3.46. The van der Waals surface area contributed by atoms with Gasteiger partial charge in [0, 0.05) is 0 Å². The van der Waals surface area contributed by atoms with Gasteiger partial charge < -0.3 is 14.8 Å². The summed E-state index contributed by atoms with van der Waals surface area (Å²) in [5.41, 5.74) is 1.19. The maximum absolute atomic E-state index is 6.11. The van der Waals surface area contributed by atoms with E-state index in [2.05, 4.69) is 5.32 Å². The third kappa shape index (κ3) is 2.90. The smallest absolute Gasteiger partial charge is 0.179 e. The molecule has 0 aromatic heterocycles. The van der Waals surface area contributed by atoms with Crippen molar-refractivity contribution in [1.29, 1.82) is 0 Å². The number of piperidine rings is 1. The van der Waals surface area contributed by atoms with Crippen LogP contribution in [0.5, 0.6) is 11.5 Å². The SMILES string of the molecule is COc1c(Cl)ccc(CC2CCNCC2)c1OC. The lowest BCUT2D eigenvalue weighted by Gasteiger charge is -2.24. The molecule has 4 heteroatoms. The summed E-state index contributed by atoms with van der Waals surface area (Å²) in [6, 6.07) is 3.94. The van der Waals surface area contributed by atoms with Crippen LogP contribution in [0.15, 0.2) is 12.1 Å². The molecule has 0 aliphatic carbocycles. The molecule has 100 valence electrons. The molecule has 1 aromatic carbocycles. The quantitative estimate of drug-likeness (QED) is 0.912. The molecule has 2 rings (SSSR count). The Morgan fingerprint density at radius 2 is 1.83 bits per heavy atom. The lowest BCUT2D eigenvalue weighted by Crippen LogP contribution is -2.28. The van der Waals surface area contributed by atoms with Crippen LogP contribution < -0.4 is 14.8 Å². The van der Waals surface area contributed by atoms with E-state index < -0.39 is 0 Å². The second kappa shape index (κ2) is 6.30. The van der Waals surface area contributed by atoms with Crippen molar-refractivity contribution in [2.24, 2.45) is 5.92 Å². The Balaban J connectivity index is 2.21. The van der Waals surface area contributed by atoms with Crippen LogP contribution in [0.2, 0.25) is 5.02 Å². The van der Waals surface area contributed by atoms with E-state index in [1.165, 1.54) is 18.4 Å². The first-order valence-electron chi connectivity index (χ1n) is 6.36. The number of halogens is 1. The lowest BCUT2D eigenvalue weighted by atomic mass is 9.90. The molecule has 0 saturated carbocycles. The van der Waals surface area contributed by atoms with E-state index in [4.69, 9.17) is 21.1 Å². The van der Waals surface area contributed by atoms with Crippen LogP contribution in [0.3, 0.4) is 0 Å². The van der Waals surface area contributed by atoms with Gasteiger partial charge in [0.1, 0.15) is 0 Å². The second-order valence-corrected chi connectivity index (χ2v) is 5.08. The van der Waals surface area contributed by atoms with Gasteiger partial charge in [-0.2, -0.15) is 0 Å². The van der Waals surface area contributed by atoms with Gasteiger partial charge in [-0.1, -0.05) is 17.7 Å². The van der Waals surface area contributed by atoms with E-state index >= 15 is 0 Å². The predicted molar refractivity (Wildman–Crippen MR) is 73.9 cm³/mol. The topological polar surface area (TPSA) is 30.5 Å². The van der Waals surface area contributed by atoms with E-state index in [0.29, 0.717) is 16.7 Å². The van der Waals surface area contributed by atoms with Crippen LogP contribution in [0.1, 0.15) is 18.4 Å². The Morgan fingerprint density at radius 1 is 1.17 bits per heavy atom. The summed E-state index contributed by atoms with van der Waals surface area (Å²) in [7, 11) is 3.29. The molecule has 0 unspecified atom stereocenters. The van der Waals surface area contributed by atoms with Gasteiger partial charge in [-0.25, -0.2) is 0 Å². The molecular formula is C14H20ClNO2. The highest BCUT2D eigenvalue weighted by Gasteiger charge is 2.19. The van der Waals surface area contributed by atoms with Crippen LogP contribution in [0, 0.1) is 5.92 Å². The fourth-order valence-electron chi connectivity index (χ4n) is 2.55. The maximum Gasteiger partial charge on any atom is 0.179 e. The standard InChI is InChI=1S/C14H20ClNO2/c1-17-13-11(3-4-12(15)14(13)18-2)9-10-5-7-16-8-6-10/h3-4,10,16H,5-9H2,1-2H3. The number of benzene rings is 1. The minimum atomic E-state index is 0.600. The van der Waals surface area contributed by atoms with Crippen LogP contribution in [-0.4, -0.2) is 27.3 Å².